The SMILES string of the molecule is COc1cc(Cn2ccnc2C2CCN(C(=O)Cc3n[nH]c(=O)c4ccccc34)CC2)cc(OC)c1. The Morgan fingerprint density at radius 1 is 1.06 bits per heavy atom. The lowest BCUT2D eigenvalue weighted by Crippen LogP contribution is -2.39. The maximum atomic E-state index is 13.1. The van der Waals surface area contributed by atoms with Gasteiger partial charge in [0.2, 0.25) is 5.91 Å². The van der Waals surface area contributed by atoms with Crippen molar-refractivity contribution >= 4 is 16.7 Å². The Bertz CT molecular complexity index is 1410. The molecule has 1 N–H and O–H groups in total. The molecule has 9 nitrogen and oxygen atoms in total. The highest BCUT2D eigenvalue weighted by molar-refractivity contribution is 5.88. The van der Waals surface area contributed by atoms with Gasteiger partial charge in [-0.15, -0.1) is 0 Å². The number of piperidine rings is 1. The van der Waals surface area contributed by atoms with Crippen LogP contribution in [0.25, 0.3) is 10.8 Å². The summed E-state index contributed by atoms with van der Waals surface area (Å²) < 4.78 is 13.0. The molecule has 1 fully saturated rings. The molecular weight excluding hydrogens is 458 g/mol. The number of amides is 1. The first-order valence-corrected chi connectivity index (χ1v) is 12.0. The fraction of sp³-hybridized carbons (Fsp3) is 0.333. The molecule has 1 aliphatic heterocycles. The highest BCUT2D eigenvalue weighted by Crippen LogP contribution is 2.29. The second-order valence-electron chi connectivity index (χ2n) is 9.01. The number of carbonyl (C=O) groups excluding carboxylic acids is 1. The first kappa shape index (κ1) is 23.6. The summed E-state index contributed by atoms with van der Waals surface area (Å²) in [5, 5.41) is 7.94. The summed E-state index contributed by atoms with van der Waals surface area (Å²) in [4.78, 5) is 31.6. The van der Waals surface area contributed by atoms with Gasteiger partial charge in [-0.05, 0) is 36.6 Å². The van der Waals surface area contributed by atoms with E-state index in [1.165, 1.54) is 0 Å². The van der Waals surface area contributed by atoms with Crippen LogP contribution in [-0.2, 0) is 17.8 Å². The molecule has 0 bridgehead atoms. The molecule has 1 aliphatic rings. The lowest BCUT2D eigenvalue weighted by molar-refractivity contribution is -0.131. The summed E-state index contributed by atoms with van der Waals surface area (Å²) >= 11 is 0. The fourth-order valence-corrected chi connectivity index (χ4v) is 4.92. The Balaban J connectivity index is 1.25. The Morgan fingerprint density at radius 2 is 1.75 bits per heavy atom. The van der Waals surface area contributed by atoms with E-state index in [4.69, 9.17) is 9.47 Å². The molecule has 36 heavy (non-hydrogen) atoms. The maximum Gasteiger partial charge on any atom is 0.272 e. The number of benzene rings is 2. The Hall–Kier alpha value is -4.14. The van der Waals surface area contributed by atoms with Crippen LogP contribution in [0.2, 0.25) is 0 Å². The third-order valence-electron chi connectivity index (χ3n) is 6.82. The minimum Gasteiger partial charge on any atom is -0.497 e. The number of nitrogens with zero attached hydrogens (tertiary/aromatic N) is 4. The summed E-state index contributed by atoms with van der Waals surface area (Å²) in [7, 11) is 3.29. The monoisotopic (exact) mass is 487 g/mol. The van der Waals surface area contributed by atoms with Crippen molar-refractivity contribution in [3.05, 3.63) is 82.3 Å². The van der Waals surface area contributed by atoms with Crippen molar-refractivity contribution < 1.29 is 14.3 Å². The first-order chi connectivity index (χ1) is 17.6. The summed E-state index contributed by atoms with van der Waals surface area (Å²) in [6.45, 7) is 1.97. The van der Waals surface area contributed by atoms with Crippen LogP contribution in [0, 0.1) is 0 Å². The number of aromatic amines is 1. The summed E-state index contributed by atoms with van der Waals surface area (Å²) in [6, 6.07) is 13.1. The number of methoxy groups -OCH3 is 2. The Kier molecular flexibility index (Phi) is 6.71. The minimum atomic E-state index is -0.245. The first-order valence-electron chi connectivity index (χ1n) is 12.0. The largest absolute Gasteiger partial charge is 0.497 e. The van der Waals surface area contributed by atoms with Crippen molar-refractivity contribution in [3.63, 3.8) is 0 Å². The molecule has 0 spiro atoms. The van der Waals surface area contributed by atoms with E-state index in [1.807, 2.05) is 53.7 Å². The fourth-order valence-electron chi connectivity index (χ4n) is 4.92. The molecule has 0 atom stereocenters. The van der Waals surface area contributed by atoms with E-state index in [1.54, 1.807) is 20.3 Å². The molecule has 186 valence electrons. The molecule has 5 rings (SSSR count). The molecule has 4 aromatic rings. The van der Waals surface area contributed by atoms with Crippen LogP contribution in [0.4, 0.5) is 0 Å². The lowest BCUT2D eigenvalue weighted by Gasteiger charge is -2.32. The third kappa shape index (κ3) is 4.82. The van der Waals surface area contributed by atoms with Gasteiger partial charge in [0.05, 0.1) is 31.7 Å². The normalized spacial score (nSPS) is 14.2. The number of nitrogens with one attached hydrogen (secondary N) is 1. The highest BCUT2D eigenvalue weighted by atomic mass is 16.5. The zero-order valence-electron chi connectivity index (χ0n) is 20.4. The van der Waals surface area contributed by atoms with E-state index in [0.717, 1.165) is 41.1 Å². The molecule has 2 aromatic carbocycles. The number of likely N-dealkylation sites (tertiary alicyclic amines) is 1. The smallest absolute Gasteiger partial charge is 0.272 e. The molecule has 2 aromatic heterocycles. The van der Waals surface area contributed by atoms with Crippen LogP contribution in [0.5, 0.6) is 11.5 Å². The minimum absolute atomic E-state index is 0.0185. The molecule has 3 heterocycles. The zero-order valence-corrected chi connectivity index (χ0v) is 20.4. The topological polar surface area (TPSA) is 102 Å². The average Bonchev–Trinajstić information content (AvgIpc) is 3.38. The molecule has 1 saturated heterocycles. The van der Waals surface area contributed by atoms with Gasteiger partial charge >= 0.3 is 0 Å². The summed E-state index contributed by atoms with van der Waals surface area (Å²) in [5.74, 6) is 2.82. The van der Waals surface area contributed by atoms with E-state index in [2.05, 4.69) is 19.7 Å². The second kappa shape index (κ2) is 10.2. The number of hydrogen-bond acceptors (Lipinski definition) is 6. The van der Waals surface area contributed by atoms with Crippen LogP contribution >= 0.6 is 0 Å². The van der Waals surface area contributed by atoms with Gasteiger partial charge in [0, 0.05) is 49.4 Å². The molecule has 0 aliphatic carbocycles. The van der Waals surface area contributed by atoms with Crippen molar-refractivity contribution in [3.8, 4) is 11.5 Å². The molecule has 0 saturated carbocycles. The van der Waals surface area contributed by atoms with Crippen LogP contribution in [0.1, 0.15) is 35.8 Å². The zero-order chi connectivity index (χ0) is 25.1. The number of aromatic nitrogens is 4. The quantitative estimate of drug-likeness (QED) is 0.430. The van der Waals surface area contributed by atoms with Gasteiger partial charge in [0.15, 0.2) is 0 Å². The number of fused-ring (bicyclic) bond motifs is 1. The predicted molar refractivity (Wildman–Crippen MR) is 135 cm³/mol. The van der Waals surface area contributed by atoms with Crippen molar-refractivity contribution in [2.24, 2.45) is 0 Å². The lowest BCUT2D eigenvalue weighted by atomic mass is 9.95. The Labute approximate surface area is 208 Å². The number of rotatable bonds is 7. The van der Waals surface area contributed by atoms with Crippen molar-refractivity contribution in [2.75, 3.05) is 27.3 Å². The van der Waals surface area contributed by atoms with E-state index < -0.39 is 0 Å². The summed E-state index contributed by atoms with van der Waals surface area (Å²) in [6.07, 6.45) is 5.66. The number of imidazole rings is 1. The number of ether oxygens (including phenoxy) is 2. The predicted octanol–water partition coefficient (Wildman–Crippen LogP) is 3.13. The van der Waals surface area contributed by atoms with Gasteiger partial charge in [-0.2, -0.15) is 5.10 Å². The highest BCUT2D eigenvalue weighted by Gasteiger charge is 2.27. The summed E-state index contributed by atoms with van der Waals surface area (Å²) in [5.41, 5.74) is 1.42. The third-order valence-corrected chi connectivity index (χ3v) is 6.82. The van der Waals surface area contributed by atoms with Gasteiger partial charge in [-0.1, -0.05) is 18.2 Å². The van der Waals surface area contributed by atoms with Crippen molar-refractivity contribution in [1.82, 2.24) is 24.6 Å². The Morgan fingerprint density at radius 3 is 2.44 bits per heavy atom. The number of H-pyrrole nitrogens is 1. The van der Waals surface area contributed by atoms with Gasteiger partial charge < -0.3 is 18.9 Å². The van der Waals surface area contributed by atoms with Gasteiger partial charge in [-0.3, -0.25) is 9.59 Å². The maximum absolute atomic E-state index is 13.1. The van der Waals surface area contributed by atoms with Crippen LogP contribution < -0.4 is 15.0 Å². The van der Waals surface area contributed by atoms with Gasteiger partial charge in [0.1, 0.15) is 17.3 Å². The second-order valence-corrected chi connectivity index (χ2v) is 9.01. The molecular formula is C27H29N5O4. The van der Waals surface area contributed by atoms with Crippen LogP contribution in [0.3, 0.4) is 0 Å². The number of hydrogen-bond donors (Lipinski definition) is 1. The number of carbonyl (C=O) groups is 1. The molecule has 1 amide bonds. The molecule has 0 unspecified atom stereocenters. The molecule has 9 heteroatoms. The van der Waals surface area contributed by atoms with Crippen molar-refractivity contribution in [1.29, 1.82) is 0 Å². The van der Waals surface area contributed by atoms with Crippen LogP contribution in [0.15, 0.2) is 59.7 Å². The van der Waals surface area contributed by atoms with Crippen LogP contribution in [-0.4, -0.2) is 57.9 Å². The van der Waals surface area contributed by atoms with Crippen molar-refractivity contribution in [2.45, 2.75) is 31.7 Å². The van der Waals surface area contributed by atoms with E-state index in [-0.39, 0.29) is 23.8 Å². The molecule has 0 radical (unpaired) electrons. The van der Waals surface area contributed by atoms with Gasteiger partial charge in [-0.25, -0.2) is 10.1 Å². The van der Waals surface area contributed by atoms with E-state index >= 15 is 0 Å². The van der Waals surface area contributed by atoms with Gasteiger partial charge in [0.25, 0.3) is 5.56 Å². The standard InChI is InChI=1S/C27H29N5O4/c1-35-20-13-18(14-21(15-20)36-2)17-32-12-9-28-26(32)19-7-10-31(11-8-19)25(33)16-24-22-5-3-4-6-23(22)27(34)30-29-24/h3-6,9,12-15,19H,7-8,10-11,16-17H2,1-2H3,(H,30,34). The van der Waals surface area contributed by atoms with E-state index in [0.29, 0.717) is 30.7 Å². The average molecular weight is 488 g/mol. The van der Waals surface area contributed by atoms with E-state index in [9.17, 15) is 9.59 Å².